The molecule has 4 aromatic rings. The standard InChI is InChI=1S/C29H31NO4/c1-8-33-27-16-22(21-10-12-25(31-6)26(15-21)32-7)14-24(28-19(4)34-20(5)29(27)28)30-23-11-9-17(2)18(3)13-23/h9-16H,8H2,1-7H3. The SMILES string of the molecule is CCOc1cc(-c2ccc(OC)c(OC)c2)cc(=Nc2ccc(C)c(C)c2)c2c(C)oc(C)c12. The normalized spacial score (nSPS) is 11.7. The minimum Gasteiger partial charge on any atom is -0.493 e. The molecule has 0 aliphatic rings. The highest BCUT2D eigenvalue weighted by Gasteiger charge is 2.16. The summed E-state index contributed by atoms with van der Waals surface area (Å²) >= 11 is 0. The Labute approximate surface area is 200 Å². The first-order chi connectivity index (χ1) is 16.4. The third-order valence-electron chi connectivity index (χ3n) is 6.10. The first-order valence-electron chi connectivity index (χ1n) is 11.4. The van der Waals surface area contributed by atoms with E-state index >= 15 is 0 Å². The minimum atomic E-state index is 0.539. The van der Waals surface area contributed by atoms with Crippen LogP contribution in [0.3, 0.4) is 0 Å². The van der Waals surface area contributed by atoms with Gasteiger partial charge in [-0.15, -0.1) is 0 Å². The molecule has 5 nitrogen and oxygen atoms in total. The number of fused-ring (bicyclic) bond motifs is 1. The van der Waals surface area contributed by atoms with Crippen LogP contribution >= 0.6 is 0 Å². The number of aryl methyl sites for hydroxylation is 4. The van der Waals surface area contributed by atoms with Crippen molar-refractivity contribution in [2.45, 2.75) is 34.6 Å². The van der Waals surface area contributed by atoms with Crippen molar-refractivity contribution in [1.82, 2.24) is 0 Å². The fourth-order valence-corrected chi connectivity index (χ4v) is 4.24. The number of hydrogen-bond acceptors (Lipinski definition) is 5. The van der Waals surface area contributed by atoms with E-state index in [2.05, 4.69) is 38.1 Å². The van der Waals surface area contributed by atoms with Crippen molar-refractivity contribution in [2.24, 2.45) is 4.99 Å². The number of benzene rings is 2. The summed E-state index contributed by atoms with van der Waals surface area (Å²) in [7, 11) is 3.27. The van der Waals surface area contributed by atoms with Crippen molar-refractivity contribution in [1.29, 1.82) is 0 Å². The summed E-state index contributed by atoms with van der Waals surface area (Å²) in [5, 5.41) is 2.71. The maximum Gasteiger partial charge on any atom is 0.161 e. The third kappa shape index (κ3) is 4.38. The van der Waals surface area contributed by atoms with E-state index in [-0.39, 0.29) is 0 Å². The Hall–Kier alpha value is -3.73. The Bertz CT molecular complexity index is 1430. The lowest BCUT2D eigenvalue weighted by Gasteiger charge is -2.09. The van der Waals surface area contributed by atoms with Gasteiger partial charge >= 0.3 is 0 Å². The molecule has 0 bridgehead atoms. The number of rotatable bonds is 6. The number of methoxy groups -OCH3 is 2. The highest BCUT2D eigenvalue weighted by Crippen LogP contribution is 2.36. The van der Waals surface area contributed by atoms with E-state index < -0.39 is 0 Å². The van der Waals surface area contributed by atoms with Gasteiger partial charge in [0, 0.05) is 0 Å². The Morgan fingerprint density at radius 1 is 0.706 bits per heavy atom. The van der Waals surface area contributed by atoms with E-state index in [1.54, 1.807) is 14.2 Å². The summed E-state index contributed by atoms with van der Waals surface area (Å²) in [5.74, 6) is 3.73. The van der Waals surface area contributed by atoms with Crippen LogP contribution in [0, 0.1) is 27.7 Å². The summed E-state index contributed by atoms with van der Waals surface area (Å²) in [6, 6.07) is 16.3. The fraction of sp³-hybridized carbons (Fsp3) is 0.276. The fourth-order valence-electron chi connectivity index (χ4n) is 4.24. The monoisotopic (exact) mass is 457 g/mol. The molecular weight excluding hydrogens is 426 g/mol. The van der Waals surface area contributed by atoms with Gasteiger partial charge in [0.15, 0.2) is 11.5 Å². The van der Waals surface area contributed by atoms with Gasteiger partial charge < -0.3 is 18.6 Å². The minimum absolute atomic E-state index is 0.539. The molecule has 1 aromatic heterocycles. The van der Waals surface area contributed by atoms with Crippen LogP contribution in [-0.2, 0) is 0 Å². The molecule has 0 aliphatic carbocycles. The first-order valence-corrected chi connectivity index (χ1v) is 11.4. The third-order valence-corrected chi connectivity index (χ3v) is 6.10. The zero-order valence-corrected chi connectivity index (χ0v) is 20.9. The average Bonchev–Trinajstić information content (AvgIpc) is 3.02. The van der Waals surface area contributed by atoms with Crippen molar-refractivity contribution >= 4 is 16.5 Å². The molecule has 0 saturated heterocycles. The van der Waals surface area contributed by atoms with Gasteiger partial charge in [-0.1, -0.05) is 12.1 Å². The van der Waals surface area contributed by atoms with Crippen LogP contribution in [0.4, 0.5) is 5.69 Å². The highest BCUT2D eigenvalue weighted by atomic mass is 16.5. The molecule has 4 rings (SSSR count). The van der Waals surface area contributed by atoms with E-state index in [1.165, 1.54) is 11.1 Å². The maximum absolute atomic E-state index is 6.12. The van der Waals surface area contributed by atoms with Crippen LogP contribution in [0.15, 0.2) is 57.9 Å². The summed E-state index contributed by atoms with van der Waals surface area (Å²) in [6.07, 6.45) is 0. The van der Waals surface area contributed by atoms with Gasteiger partial charge in [0.25, 0.3) is 0 Å². The van der Waals surface area contributed by atoms with Crippen LogP contribution in [0.2, 0.25) is 0 Å². The smallest absolute Gasteiger partial charge is 0.161 e. The van der Waals surface area contributed by atoms with Gasteiger partial charge in [-0.25, -0.2) is 4.99 Å². The van der Waals surface area contributed by atoms with Crippen LogP contribution in [0.25, 0.3) is 21.9 Å². The quantitative estimate of drug-likeness (QED) is 0.313. The highest BCUT2D eigenvalue weighted by molar-refractivity contribution is 5.93. The van der Waals surface area contributed by atoms with Gasteiger partial charge in [0.2, 0.25) is 0 Å². The van der Waals surface area contributed by atoms with Crippen molar-refractivity contribution in [2.75, 3.05) is 20.8 Å². The largest absolute Gasteiger partial charge is 0.493 e. The molecule has 0 atom stereocenters. The van der Waals surface area contributed by atoms with Crippen molar-refractivity contribution < 1.29 is 18.6 Å². The van der Waals surface area contributed by atoms with Crippen LogP contribution < -0.4 is 19.6 Å². The molecule has 0 unspecified atom stereocenters. The Kier molecular flexibility index (Phi) is 6.64. The van der Waals surface area contributed by atoms with Gasteiger partial charge in [0.1, 0.15) is 17.3 Å². The molecule has 1 heterocycles. The number of nitrogens with zero attached hydrogens (tertiary/aromatic N) is 1. The predicted octanol–water partition coefficient (Wildman–Crippen LogP) is 6.98. The average molecular weight is 458 g/mol. The van der Waals surface area contributed by atoms with Gasteiger partial charge in [-0.3, -0.25) is 0 Å². The number of ether oxygens (including phenoxy) is 3. The Morgan fingerprint density at radius 3 is 2.09 bits per heavy atom. The number of furan rings is 1. The Morgan fingerprint density at radius 2 is 1.41 bits per heavy atom. The molecule has 3 aromatic carbocycles. The van der Waals surface area contributed by atoms with Crippen molar-refractivity contribution in [3.05, 3.63) is 76.5 Å². The number of hydrogen-bond donors (Lipinski definition) is 0. The topological polar surface area (TPSA) is 53.2 Å². The maximum atomic E-state index is 6.12. The lowest BCUT2D eigenvalue weighted by atomic mass is 10.1. The second kappa shape index (κ2) is 9.64. The molecule has 0 fully saturated rings. The molecule has 0 radical (unpaired) electrons. The summed E-state index contributed by atoms with van der Waals surface area (Å²) in [4.78, 5) is 5.08. The molecule has 0 saturated carbocycles. The Balaban J connectivity index is 2.11. The second-order valence-electron chi connectivity index (χ2n) is 8.34. The van der Waals surface area contributed by atoms with E-state index in [0.29, 0.717) is 18.1 Å². The summed E-state index contributed by atoms with van der Waals surface area (Å²) in [5.41, 5.74) is 5.27. The molecule has 34 heavy (non-hydrogen) atoms. The van der Waals surface area contributed by atoms with Crippen LogP contribution in [0.1, 0.15) is 29.6 Å². The van der Waals surface area contributed by atoms with E-state index in [4.69, 9.17) is 23.6 Å². The molecule has 0 aliphatic heterocycles. The zero-order valence-electron chi connectivity index (χ0n) is 20.9. The van der Waals surface area contributed by atoms with Crippen LogP contribution in [-0.4, -0.2) is 20.8 Å². The zero-order chi connectivity index (χ0) is 24.4. The molecule has 0 N–H and O–H groups in total. The molecule has 0 spiro atoms. The molecular formula is C29H31NO4. The van der Waals surface area contributed by atoms with Gasteiger partial charge in [0.05, 0.1) is 42.6 Å². The molecule has 176 valence electrons. The van der Waals surface area contributed by atoms with Crippen molar-refractivity contribution in [3.63, 3.8) is 0 Å². The molecule has 0 amide bonds. The van der Waals surface area contributed by atoms with Crippen LogP contribution in [0.5, 0.6) is 17.2 Å². The van der Waals surface area contributed by atoms with E-state index in [0.717, 1.165) is 50.2 Å². The van der Waals surface area contributed by atoms with Crippen molar-refractivity contribution in [3.8, 4) is 28.4 Å². The first kappa shape index (κ1) is 23.4. The molecule has 5 heteroatoms. The van der Waals surface area contributed by atoms with E-state index in [9.17, 15) is 0 Å². The lowest BCUT2D eigenvalue weighted by Crippen LogP contribution is -2.00. The van der Waals surface area contributed by atoms with Gasteiger partial charge in [-0.05, 0) is 93.3 Å². The predicted molar refractivity (Wildman–Crippen MR) is 137 cm³/mol. The summed E-state index contributed by atoms with van der Waals surface area (Å²) in [6.45, 7) is 10.7. The second-order valence-corrected chi connectivity index (χ2v) is 8.34. The van der Waals surface area contributed by atoms with E-state index in [1.807, 2.05) is 45.0 Å². The van der Waals surface area contributed by atoms with Gasteiger partial charge in [-0.2, -0.15) is 0 Å². The summed E-state index contributed by atoms with van der Waals surface area (Å²) < 4.78 is 23.2. The lowest BCUT2D eigenvalue weighted by molar-refractivity contribution is 0.344.